The number of Topliss-reactive ketones (excluding diaryl/α,β-unsaturated/α-hetero) is 1. The van der Waals surface area contributed by atoms with Crippen LogP contribution in [0.3, 0.4) is 0 Å². The summed E-state index contributed by atoms with van der Waals surface area (Å²) in [7, 11) is 0. The number of nitrogens with zero attached hydrogens (tertiary/aromatic N) is 1. The first-order chi connectivity index (χ1) is 9.93. The van der Waals surface area contributed by atoms with E-state index in [-0.39, 0.29) is 18.2 Å². The number of carbonyl (C=O) groups is 3. The molecular formula is C15H18N2O3S. The van der Waals surface area contributed by atoms with E-state index in [1.807, 2.05) is 19.9 Å². The van der Waals surface area contributed by atoms with E-state index < -0.39 is 11.6 Å². The van der Waals surface area contributed by atoms with Crippen LogP contribution in [0.4, 0.5) is 4.79 Å². The van der Waals surface area contributed by atoms with Crippen LogP contribution in [0.2, 0.25) is 0 Å². The zero-order chi connectivity index (χ0) is 15.2. The molecular weight excluding hydrogens is 288 g/mol. The van der Waals surface area contributed by atoms with Gasteiger partial charge in [-0.15, -0.1) is 11.3 Å². The van der Waals surface area contributed by atoms with Crippen LogP contribution in [0.25, 0.3) is 0 Å². The number of nitrogens with one attached hydrogen (secondary N) is 1. The molecule has 1 N–H and O–H groups in total. The van der Waals surface area contributed by atoms with Gasteiger partial charge < -0.3 is 5.32 Å². The Morgan fingerprint density at radius 3 is 2.57 bits per heavy atom. The third kappa shape index (κ3) is 2.27. The second-order valence-corrected chi connectivity index (χ2v) is 7.32. The molecule has 1 spiro atoms. The standard InChI is InChI=1S/C15H18N2O3S/c1-9-7-11(10(2)21-9)12(18)8-17-13(19)15(16-14(17)20)5-3-4-6-15/h7H,3-6,8H2,1-2H3,(H,16,20). The van der Waals surface area contributed by atoms with Gasteiger partial charge in [0.25, 0.3) is 5.91 Å². The van der Waals surface area contributed by atoms with Crippen LogP contribution in [-0.4, -0.2) is 34.7 Å². The zero-order valence-corrected chi connectivity index (χ0v) is 13.0. The summed E-state index contributed by atoms with van der Waals surface area (Å²) < 4.78 is 0. The van der Waals surface area contributed by atoms with E-state index in [0.717, 1.165) is 27.5 Å². The SMILES string of the molecule is Cc1cc(C(=O)CN2C(=O)NC3(CCCC3)C2=O)c(C)s1. The molecule has 0 unspecified atom stereocenters. The van der Waals surface area contributed by atoms with Crippen LogP contribution in [0.1, 0.15) is 45.8 Å². The first-order valence-electron chi connectivity index (χ1n) is 7.17. The minimum Gasteiger partial charge on any atom is -0.323 e. The Bertz CT molecular complexity index is 629. The van der Waals surface area contributed by atoms with Crippen molar-refractivity contribution in [3.63, 3.8) is 0 Å². The minimum absolute atomic E-state index is 0.163. The molecule has 1 aliphatic carbocycles. The third-order valence-corrected chi connectivity index (χ3v) is 5.31. The summed E-state index contributed by atoms with van der Waals surface area (Å²) in [5.41, 5.74) is -0.123. The molecule has 1 aromatic heterocycles. The molecule has 0 radical (unpaired) electrons. The van der Waals surface area contributed by atoms with Gasteiger partial charge >= 0.3 is 6.03 Å². The van der Waals surface area contributed by atoms with Crippen LogP contribution in [0.15, 0.2) is 6.07 Å². The first kappa shape index (κ1) is 14.3. The van der Waals surface area contributed by atoms with Crippen LogP contribution < -0.4 is 5.32 Å². The second-order valence-electron chi connectivity index (χ2n) is 5.86. The lowest BCUT2D eigenvalue weighted by Crippen LogP contribution is -2.44. The van der Waals surface area contributed by atoms with Gasteiger partial charge in [0.2, 0.25) is 0 Å². The summed E-state index contributed by atoms with van der Waals surface area (Å²) in [6.07, 6.45) is 3.24. The smallest absolute Gasteiger partial charge is 0.323 e. The summed E-state index contributed by atoms with van der Waals surface area (Å²) in [5, 5.41) is 2.79. The van der Waals surface area contributed by atoms with Crippen molar-refractivity contribution in [2.45, 2.75) is 45.1 Å². The normalized spacial score (nSPS) is 20.4. The Hall–Kier alpha value is -1.69. The Labute approximate surface area is 127 Å². The molecule has 21 heavy (non-hydrogen) atoms. The van der Waals surface area contributed by atoms with Crippen molar-refractivity contribution in [1.29, 1.82) is 0 Å². The number of hydrogen-bond donors (Lipinski definition) is 1. The molecule has 3 rings (SSSR count). The van der Waals surface area contributed by atoms with E-state index in [9.17, 15) is 14.4 Å². The van der Waals surface area contributed by atoms with Gasteiger partial charge in [0.15, 0.2) is 5.78 Å². The Balaban J connectivity index is 1.79. The summed E-state index contributed by atoms with van der Waals surface area (Å²) in [5.74, 6) is -0.404. The summed E-state index contributed by atoms with van der Waals surface area (Å²) in [6, 6.07) is 1.39. The van der Waals surface area contributed by atoms with Crippen molar-refractivity contribution < 1.29 is 14.4 Å². The maximum atomic E-state index is 12.5. The van der Waals surface area contributed by atoms with Gasteiger partial charge in [-0.25, -0.2) is 4.79 Å². The lowest BCUT2D eigenvalue weighted by Gasteiger charge is -2.19. The number of hydrogen-bond acceptors (Lipinski definition) is 4. The first-order valence-corrected chi connectivity index (χ1v) is 7.99. The Morgan fingerprint density at radius 1 is 1.33 bits per heavy atom. The number of rotatable bonds is 3. The van der Waals surface area contributed by atoms with Gasteiger partial charge in [0, 0.05) is 15.3 Å². The zero-order valence-electron chi connectivity index (χ0n) is 12.2. The molecule has 1 saturated carbocycles. The Morgan fingerprint density at radius 2 is 2.00 bits per heavy atom. The second kappa shape index (κ2) is 4.94. The third-order valence-electron chi connectivity index (χ3n) is 4.35. The molecule has 112 valence electrons. The van der Waals surface area contributed by atoms with Gasteiger partial charge in [0.05, 0.1) is 6.54 Å². The number of urea groups is 1. The molecule has 1 aliphatic heterocycles. The van der Waals surface area contributed by atoms with E-state index in [2.05, 4.69) is 5.32 Å². The van der Waals surface area contributed by atoms with E-state index in [4.69, 9.17) is 0 Å². The van der Waals surface area contributed by atoms with E-state index >= 15 is 0 Å². The summed E-state index contributed by atoms with van der Waals surface area (Å²) in [6.45, 7) is 3.66. The van der Waals surface area contributed by atoms with Crippen molar-refractivity contribution >= 4 is 29.1 Å². The highest BCUT2D eigenvalue weighted by Crippen LogP contribution is 2.35. The Kier molecular flexibility index (Phi) is 3.36. The molecule has 1 saturated heterocycles. The van der Waals surface area contributed by atoms with Crippen molar-refractivity contribution in [1.82, 2.24) is 10.2 Å². The average molecular weight is 306 g/mol. The van der Waals surface area contributed by atoms with Crippen LogP contribution in [0, 0.1) is 13.8 Å². The highest BCUT2D eigenvalue weighted by molar-refractivity contribution is 7.12. The van der Waals surface area contributed by atoms with Crippen LogP contribution in [-0.2, 0) is 4.79 Å². The molecule has 6 heteroatoms. The minimum atomic E-state index is -0.739. The lowest BCUT2D eigenvalue weighted by atomic mass is 9.98. The van der Waals surface area contributed by atoms with E-state index in [1.165, 1.54) is 0 Å². The van der Waals surface area contributed by atoms with Crippen LogP contribution >= 0.6 is 11.3 Å². The quantitative estimate of drug-likeness (QED) is 0.689. The maximum Gasteiger partial charge on any atom is 0.325 e. The van der Waals surface area contributed by atoms with Gasteiger partial charge in [-0.05, 0) is 32.8 Å². The topological polar surface area (TPSA) is 66.5 Å². The number of imide groups is 1. The molecule has 3 amide bonds. The number of amides is 3. The van der Waals surface area contributed by atoms with Crippen molar-refractivity contribution in [2.75, 3.05) is 6.54 Å². The van der Waals surface area contributed by atoms with Crippen molar-refractivity contribution in [2.24, 2.45) is 0 Å². The molecule has 0 aromatic carbocycles. The van der Waals surface area contributed by atoms with Crippen molar-refractivity contribution in [3.05, 3.63) is 21.4 Å². The monoisotopic (exact) mass is 306 g/mol. The van der Waals surface area contributed by atoms with Crippen molar-refractivity contribution in [3.8, 4) is 0 Å². The molecule has 0 bridgehead atoms. The fourth-order valence-electron chi connectivity index (χ4n) is 3.27. The number of aryl methyl sites for hydroxylation is 2. The molecule has 2 aliphatic rings. The average Bonchev–Trinajstić information content (AvgIpc) is 3.07. The van der Waals surface area contributed by atoms with E-state index in [1.54, 1.807) is 11.3 Å². The molecule has 0 atom stereocenters. The number of carbonyl (C=O) groups excluding carboxylic acids is 3. The molecule has 2 heterocycles. The number of ketones is 1. The highest BCUT2D eigenvalue weighted by Gasteiger charge is 2.52. The largest absolute Gasteiger partial charge is 0.325 e. The predicted octanol–water partition coefficient (Wildman–Crippen LogP) is 2.41. The molecule has 1 aromatic rings. The molecule has 2 fully saturated rings. The lowest BCUT2D eigenvalue weighted by molar-refractivity contribution is -0.130. The predicted molar refractivity (Wildman–Crippen MR) is 79.6 cm³/mol. The fraction of sp³-hybridized carbons (Fsp3) is 0.533. The molecule has 5 nitrogen and oxygen atoms in total. The van der Waals surface area contributed by atoms with Gasteiger partial charge in [0.1, 0.15) is 5.54 Å². The number of thiophene rings is 1. The summed E-state index contributed by atoms with van der Waals surface area (Å²) in [4.78, 5) is 40.0. The van der Waals surface area contributed by atoms with Gasteiger partial charge in [-0.3, -0.25) is 14.5 Å². The maximum absolute atomic E-state index is 12.5. The van der Waals surface area contributed by atoms with Gasteiger partial charge in [-0.1, -0.05) is 12.8 Å². The highest BCUT2D eigenvalue weighted by atomic mass is 32.1. The van der Waals surface area contributed by atoms with E-state index in [0.29, 0.717) is 18.4 Å². The fourth-order valence-corrected chi connectivity index (χ4v) is 4.22. The summed E-state index contributed by atoms with van der Waals surface area (Å²) >= 11 is 1.55. The van der Waals surface area contributed by atoms with Crippen LogP contribution in [0.5, 0.6) is 0 Å². The van der Waals surface area contributed by atoms with Gasteiger partial charge in [-0.2, -0.15) is 0 Å².